The van der Waals surface area contributed by atoms with Crippen LogP contribution < -0.4 is 4.72 Å². The van der Waals surface area contributed by atoms with Crippen LogP contribution in [0.15, 0.2) is 0 Å². The molecule has 2 heteroatoms. The van der Waals surface area contributed by atoms with Gasteiger partial charge in [-0.25, -0.2) is 0 Å². The third-order valence-corrected chi connectivity index (χ3v) is 4.24. The van der Waals surface area contributed by atoms with Gasteiger partial charge in [0.15, 0.2) is 0 Å². The highest BCUT2D eigenvalue weighted by molar-refractivity contribution is 7.97. The molecule has 18 heavy (non-hydrogen) atoms. The molecule has 0 saturated carbocycles. The molecular weight excluding hydrogens is 238 g/mol. The molecule has 0 rings (SSSR count). The van der Waals surface area contributed by atoms with Gasteiger partial charge in [0.1, 0.15) is 0 Å². The minimum Gasteiger partial charge on any atom is -0.264 e. The fourth-order valence-electron chi connectivity index (χ4n) is 2.08. The van der Waals surface area contributed by atoms with Crippen molar-refractivity contribution >= 4 is 11.9 Å². The van der Waals surface area contributed by atoms with E-state index in [2.05, 4.69) is 18.6 Å². The Morgan fingerprint density at radius 2 is 1.11 bits per heavy atom. The SMILES string of the molecule is CCCCCCCCCNSCCCCCCC. The first-order valence-electron chi connectivity index (χ1n) is 8.26. The van der Waals surface area contributed by atoms with Crippen LogP contribution in [-0.2, 0) is 0 Å². The van der Waals surface area contributed by atoms with Gasteiger partial charge in [-0.3, -0.25) is 4.72 Å². The maximum atomic E-state index is 3.50. The molecule has 110 valence electrons. The van der Waals surface area contributed by atoms with Crippen molar-refractivity contribution in [1.29, 1.82) is 0 Å². The van der Waals surface area contributed by atoms with E-state index < -0.39 is 0 Å². The highest BCUT2D eigenvalue weighted by Crippen LogP contribution is 2.08. The lowest BCUT2D eigenvalue weighted by molar-refractivity contribution is 0.588. The monoisotopic (exact) mass is 273 g/mol. The molecule has 0 spiro atoms. The van der Waals surface area contributed by atoms with E-state index in [4.69, 9.17) is 0 Å². The van der Waals surface area contributed by atoms with Crippen molar-refractivity contribution in [3.8, 4) is 0 Å². The fraction of sp³-hybridized carbons (Fsp3) is 1.00. The highest BCUT2D eigenvalue weighted by Gasteiger charge is 1.92. The third kappa shape index (κ3) is 16.3. The van der Waals surface area contributed by atoms with Crippen LogP contribution in [0.25, 0.3) is 0 Å². The summed E-state index contributed by atoms with van der Waals surface area (Å²) in [5.41, 5.74) is 0. The summed E-state index contributed by atoms with van der Waals surface area (Å²) in [6.07, 6.45) is 16.9. The van der Waals surface area contributed by atoms with Gasteiger partial charge in [0, 0.05) is 12.3 Å². The van der Waals surface area contributed by atoms with Gasteiger partial charge in [0.2, 0.25) is 0 Å². The Morgan fingerprint density at radius 3 is 1.72 bits per heavy atom. The molecule has 0 amide bonds. The summed E-state index contributed by atoms with van der Waals surface area (Å²) in [6, 6.07) is 0. The molecule has 0 atom stereocenters. The van der Waals surface area contributed by atoms with E-state index in [1.807, 2.05) is 11.9 Å². The van der Waals surface area contributed by atoms with Crippen molar-refractivity contribution in [2.24, 2.45) is 0 Å². The lowest BCUT2D eigenvalue weighted by atomic mass is 10.1. The molecule has 0 aliphatic heterocycles. The van der Waals surface area contributed by atoms with Crippen LogP contribution in [0.3, 0.4) is 0 Å². The second kappa shape index (κ2) is 17.3. The average molecular weight is 274 g/mol. The van der Waals surface area contributed by atoms with Crippen molar-refractivity contribution in [2.75, 3.05) is 12.3 Å². The zero-order valence-corrected chi connectivity index (χ0v) is 13.6. The van der Waals surface area contributed by atoms with Crippen LogP contribution in [0.4, 0.5) is 0 Å². The minimum absolute atomic E-state index is 1.20. The number of nitrogens with one attached hydrogen (secondary N) is 1. The Morgan fingerprint density at radius 1 is 0.611 bits per heavy atom. The van der Waals surface area contributed by atoms with Crippen molar-refractivity contribution in [3.63, 3.8) is 0 Å². The lowest BCUT2D eigenvalue weighted by Gasteiger charge is -2.04. The van der Waals surface area contributed by atoms with Crippen molar-refractivity contribution in [2.45, 2.75) is 90.9 Å². The van der Waals surface area contributed by atoms with E-state index in [0.717, 1.165) is 0 Å². The zero-order chi connectivity index (χ0) is 13.3. The van der Waals surface area contributed by atoms with Crippen LogP contribution in [0, 0.1) is 0 Å². The molecule has 0 heterocycles. The fourth-order valence-corrected chi connectivity index (χ4v) is 2.86. The van der Waals surface area contributed by atoms with E-state index in [-0.39, 0.29) is 0 Å². The lowest BCUT2D eigenvalue weighted by Crippen LogP contribution is -2.06. The molecule has 0 aromatic rings. The Kier molecular flexibility index (Phi) is 17.6. The maximum Gasteiger partial charge on any atom is 0.00786 e. The second-order valence-electron chi connectivity index (χ2n) is 5.28. The summed E-state index contributed by atoms with van der Waals surface area (Å²) in [5.74, 6) is 1.29. The molecule has 0 radical (unpaired) electrons. The van der Waals surface area contributed by atoms with Crippen molar-refractivity contribution in [1.82, 2.24) is 4.72 Å². The van der Waals surface area contributed by atoms with Gasteiger partial charge in [-0.05, 0) is 12.8 Å². The van der Waals surface area contributed by atoms with Crippen molar-refractivity contribution < 1.29 is 0 Å². The van der Waals surface area contributed by atoms with Gasteiger partial charge >= 0.3 is 0 Å². The van der Waals surface area contributed by atoms with Crippen LogP contribution >= 0.6 is 11.9 Å². The number of hydrogen-bond acceptors (Lipinski definition) is 2. The van der Waals surface area contributed by atoms with Gasteiger partial charge in [-0.15, -0.1) is 0 Å². The first-order chi connectivity index (χ1) is 8.91. The first kappa shape index (κ1) is 18.3. The van der Waals surface area contributed by atoms with Crippen molar-refractivity contribution in [3.05, 3.63) is 0 Å². The van der Waals surface area contributed by atoms with Gasteiger partial charge < -0.3 is 0 Å². The summed E-state index contributed by atoms with van der Waals surface area (Å²) in [4.78, 5) is 0. The smallest absolute Gasteiger partial charge is 0.00786 e. The summed E-state index contributed by atoms with van der Waals surface area (Å²) in [6.45, 7) is 5.76. The van der Waals surface area contributed by atoms with E-state index in [1.54, 1.807) is 0 Å². The van der Waals surface area contributed by atoms with Gasteiger partial charge in [0.05, 0.1) is 0 Å². The van der Waals surface area contributed by atoms with Gasteiger partial charge in [-0.1, -0.05) is 90.0 Å². The Balaban J connectivity index is 2.86. The molecule has 1 N–H and O–H groups in total. The molecule has 1 nitrogen and oxygen atoms in total. The van der Waals surface area contributed by atoms with Gasteiger partial charge in [0.25, 0.3) is 0 Å². The summed E-state index contributed by atoms with van der Waals surface area (Å²) in [7, 11) is 0. The Hall–Kier alpha value is 0.310. The maximum absolute atomic E-state index is 3.50. The molecule has 0 aliphatic rings. The van der Waals surface area contributed by atoms with Crippen LogP contribution in [0.1, 0.15) is 90.9 Å². The summed E-state index contributed by atoms with van der Waals surface area (Å²) < 4.78 is 3.50. The van der Waals surface area contributed by atoms with Crippen LogP contribution in [0.5, 0.6) is 0 Å². The topological polar surface area (TPSA) is 12.0 Å². The quantitative estimate of drug-likeness (QED) is 0.292. The van der Waals surface area contributed by atoms with E-state index in [9.17, 15) is 0 Å². The number of rotatable bonds is 15. The average Bonchev–Trinajstić information content (AvgIpc) is 2.39. The number of hydrogen-bond donors (Lipinski definition) is 1. The van der Waals surface area contributed by atoms with E-state index in [0.29, 0.717) is 0 Å². The zero-order valence-electron chi connectivity index (χ0n) is 12.8. The Bertz CT molecular complexity index is 123. The molecular formula is C16H35NS. The molecule has 0 fully saturated rings. The summed E-state index contributed by atoms with van der Waals surface area (Å²) >= 11 is 1.93. The molecule has 0 aromatic carbocycles. The van der Waals surface area contributed by atoms with Gasteiger partial charge in [-0.2, -0.15) is 0 Å². The third-order valence-electron chi connectivity index (χ3n) is 3.33. The largest absolute Gasteiger partial charge is 0.264 e. The van der Waals surface area contributed by atoms with E-state index in [1.165, 1.54) is 89.3 Å². The van der Waals surface area contributed by atoms with E-state index >= 15 is 0 Å². The first-order valence-corrected chi connectivity index (χ1v) is 9.25. The normalized spacial score (nSPS) is 11.0. The predicted octanol–water partition coefficient (Wildman–Crippen LogP) is 5.95. The molecule has 0 aromatic heterocycles. The minimum atomic E-state index is 1.20. The second-order valence-corrected chi connectivity index (χ2v) is 6.26. The number of unbranched alkanes of at least 4 members (excludes halogenated alkanes) is 10. The predicted molar refractivity (Wildman–Crippen MR) is 87.2 cm³/mol. The molecule has 0 bridgehead atoms. The van der Waals surface area contributed by atoms with Crippen LogP contribution in [0.2, 0.25) is 0 Å². The highest BCUT2D eigenvalue weighted by atomic mass is 32.2. The standard InChI is InChI=1S/C16H35NS/c1-3-5-7-9-10-11-13-15-17-18-16-14-12-8-6-4-2/h17H,3-16H2,1-2H3. The molecule has 0 saturated heterocycles. The molecule has 0 aliphatic carbocycles. The Labute approximate surface area is 120 Å². The van der Waals surface area contributed by atoms with Crippen LogP contribution in [-0.4, -0.2) is 12.3 Å². The summed E-state index contributed by atoms with van der Waals surface area (Å²) in [5, 5.41) is 0. The molecule has 0 unspecified atom stereocenters.